The van der Waals surface area contributed by atoms with Crippen LogP contribution in [0.15, 0.2) is 68.9 Å². The van der Waals surface area contributed by atoms with Gasteiger partial charge in [0.1, 0.15) is 5.52 Å². The van der Waals surface area contributed by atoms with Crippen LogP contribution in [0.4, 0.5) is 17.3 Å². The molecule has 37 heavy (non-hydrogen) atoms. The fourth-order valence-electron chi connectivity index (χ4n) is 4.47. The second-order valence-electron chi connectivity index (χ2n) is 8.94. The Bertz CT molecular complexity index is 1380. The lowest BCUT2D eigenvalue weighted by Gasteiger charge is -2.21. The van der Waals surface area contributed by atoms with Crippen LogP contribution >= 0.6 is 11.8 Å². The summed E-state index contributed by atoms with van der Waals surface area (Å²) in [5.74, 6) is 1.32. The molecule has 0 bridgehead atoms. The predicted molar refractivity (Wildman–Crippen MR) is 144 cm³/mol. The van der Waals surface area contributed by atoms with Crippen molar-refractivity contribution in [2.24, 2.45) is 10.2 Å². The number of ether oxygens (including phenoxy) is 1. The Balaban J connectivity index is 1.27. The molecule has 1 aliphatic heterocycles. The Hall–Kier alpha value is -3.61. The number of fused-ring (bicyclic) bond motifs is 1. The van der Waals surface area contributed by atoms with Gasteiger partial charge in [-0.05, 0) is 74.5 Å². The van der Waals surface area contributed by atoms with E-state index in [1.165, 1.54) is 11.8 Å². The van der Waals surface area contributed by atoms with E-state index in [-0.39, 0.29) is 6.04 Å². The summed E-state index contributed by atoms with van der Waals surface area (Å²) < 4.78 is 6.95. The van der Waals surface area contributed by atoms with Crippen molar-refractivity contribution in [2.75, 3.05) is 32.1 Å². The van der Waals surface area contributed by atoms with E-state index < -0.39 is 0 Å². The van der Waals surface area contributed by atoms with Crippen molar-refractivity contribution >= 4 is 40.3 Å². The van der Waals surface area contributed by atoms with Crippen molar-refractivity contribution in [1.29, 1.82) is 0 Å². The normalized spacial score (nSPS) is 16.5. The zero-order chi connectivity index (χ0) is 25.6. The van der Waals surface area contributed by atoms with E-state index in [2.05, 4.69) is 30.7 Å². The third-order valence-corrected chi connectivity index (χ3v) is 6.99. The summed E-state index contributed by atoms with van der Waals surface area (Å²) in [7, 11) is 1.64. The molecule has 1 atom stereocenters. The van der Waals surface area contributed by atoms with Crippen molar-refractivity contribution in [2.45, 2.75) is 42.5 Å². The number of aromatic nitrogens is 5. The number of hydrogen-bond acceptors (Lipinski definition) is 10. The summed E-state index contributed by atoms with van der Waals surface area (Å²) in [5, 5.41) is 18.8. The van der Waals surface area contributed by atoms with Gasteiger partial charge in [-0.2, -0.15) is 10.0 Å². The van der Waals surface area contributed by atoms with Crippen molar-refractivity contribution in [3.8, 4) is 0 Å². The van der Waals surface area contributed by atoms with Crippen LogP contribution in [-0.4, -0.2) is 68.2 Å². The van der Waals surface area contributed by atoms with Crippen LogP contribution in [0.5, 0.6) is 0 Å². The standard InChI is InChI=1S/C25H29N9O2S/c1-17(15-33-11-3-5-20(33)14-26-35)27-18-7-9-21(10-8-18)37-25-29-24(22-6-4-12-34(22)32-25)28-23-13-19(16-36-2)30-31-23/h4,6-10,12-13,20H,3,5,11,14-16H2,1-2H3,(H2,28,29,30,31,32). The van der Waals surface area contributed by atoms with Crippen LogP contribution in [0, 0.1) is 4.91 Å². The topological polar surface area (TPSA) is 125 Å². The first-order valence-corrected chi connectivity index (χ1v) is 12.9. The number of benzene rings is 1. The average molecular weight is 520 g/mol. The largest absolute Gasteiger partial charge is 0.378 e. The second kappa shape index (κ2) is 11.6. The minimum absolute atomic E-state index is 0.235. The molecule has 5 rings (SSSR count). The molecule has 1 aromatic carbocycles. The second-order valence-corrected chi connectivity index (χ2v) is 9.98. The molecule has 12 heteroatoms. The molecule has 3 aromatic heterocycles. The van der Waals surface area contributed by atoms with Crippen LogP contribution in [-0.2, 0) is 11.3 Å². The first-order valence-electron chi connectivity index (χ1n) is 12.1. The maximum absolute atomic E-state index is 10.7. The van der Waals surface area contributed by atoms with Gasteiger partial charge in [0, 0.05) is 42.6 Å². The number of likely N-dealkylation sites (tertiary alicyclic amines) is 1. The molecular formula is C25H29N9O2S. The van der Waals surface area contributed by atoms with Gasteiger partial charge in [0.05, 0.1) is 24.5 Å². The fourth-order valence-corrected chi connectivity index (χ4v) is 5.21. The van der Waals surface area contributed by atoms with Gasteiger partial charge < -0.3 is 10.1 Å². The minimum Gasteiger partial charge on any atom is -0.378 e. The zero-order valence-electron chi connectivity index (χ0n) is 20.8. The SMILES string of the molecule is COCc1cc(Nc2nc(Sc3ccc(N=C(C)CN4CCCC4CN=O)cc3)nn3cccc23)n[nH]1. The molecule has 192 valence electrons. The summed E-state index contributed by atoms with van der Waals surface area (Å²) in [6.07, 6.45) is 4.02. The number of aliphatic imine (C=N–C) groups is 1. The maximum Gasteiger partial charge on any atom is 0.214 e. The molecule has 0 saturated carbocycles. The molecule has 2 N–H and O–H groups in total. The van der Waals surface area contributed by atoms with E-state index in [9.17, 15) is 4.91 Å². The van der Waals surface area contributed by atoms with Gasteiger partial charge in [0.25, 0.3) is 0 Å². The highest BCUT2D eigenvalue weighted by Gasteiger charge is 2.24. The zero-order valence-corrected chi connectivity index (χ0v) is 21.6. The van der Waals surface area contributed by atoms with Gasteiger partial charge in [-0.3, -0.25) is 15.0 Å². The molecule has 4 aromatic rings. The van der Waals surface area contributed by atoms with Crippen molar-refractivity contribution < 1.29 is 4.74 Å². The minimum atomic E-state index is 0.235. The molecule has 0 amide bonds. The third-order valence-electron chi connectivity index (χ3n) is 6.13. The summed E-state index contributed by atoms with van der Waals surface area (Å²) in [6, 6.07) is 14.0. The first-order chi connectivity index (χ1) is 18.1. The molecule has 1 fully saturated rings. The lowest BCUT2D eigenvalue weighted by molar-refractivity contribution is 0.181. The fraction of sp³-hybridized carbons (Fsp3) is 0.360. The lowest BCUT2D eigenvalue weighted by Crippen LogP contribution is -2.35. The summed E-state index contributed by atoms with van der Waals surface area (Å²) in [5.41, 5.74) is 3.63. The molecule has 1 saturated heterocycles. The highest BCUT2D eigenvalue weighted by atomic mass is 32.2. The van der Waals surface area contributed by atoms with E-state index in [0.717, 1.165) is 53.4 Å². The van der Waals surface area contributed by atoms with Crippen LogP contribution in [0.1, 0.15) is 25.5 Å². The molecule has 11 nitrogen and oxygen atoms in total. The predicted octanol–water partition coefficient (Wildman–Crippen LogP) is 4.82. The van der Waals surface area contributed by atoms with Gasteiger partial charge in [-0.1, -0.05) is 5.18 Å². The van der Waals surface area contributed by atoms with Gasteiger partial charge in [0.2, 0.25) is 5.16 Å². The average Bonchev–Trinajstić information content (AvgIpc) is 3.63. The molecule has 1 unspecified atom stereocenters. The number of methoxy groups -OCH3 is 1. The number of aromatic amines is 1. The molecule has 0 radical (unpaired) electrons. The van der Waals surface area contributed by atoms with Crippen molar-refractivity contribution in [3.05, 3.63) is 59.3 Å². The molecule has 0 spiro atoms. The number of nitrogens with one attached hydrogen (secondary N) is 2. The number of hydrogen-bond donors (Lipinski definition) is 2. The van der Waals surface area contributed by atoms with Gasteiger partial charge in [0.15, 0.2) is 11.6 Å². The van der Waals surface area contributed by atoms with E-state index in [4.69, 9.17) is 14.7 Å². The van der Waals surface area contributed by atoms with E-state index in [1.807, 2.05) is 55.6 Å². The van der Waals surface area contributed by atoms with Crippen molar-refractivity contribution in [1.82, 2.24) is 29.7 Å². The summed E-state index contributed by atoms with van der Waals surface area (Å²) in [4.78, 5) is 23.5. The van der Waals surface area contributed by atoms with Crippen LogP contribution in [0.25, 0.3) is 5.52 Å². The quantitative estimate of drug-likeness (QED) is 0.213. The number of anilines is 2. The smallest absolute Gasteiger partial charge is 0.214 e. The van der Waals surface area contributed by atoms with E-state index >= 15 is 0 Å². The van der Waals surface area contributed by atoms with Gasteiger partial charge in [-0.15, -0.1) is 5.10 Å². The Morgan fingerprint density at radius 3 is 2.97 bits per heavy atom. The Morgan fingerprint density at radius 2 is 2.16 bits per heavy atom. The summed E-state index contributed by atoms with van der Waals surface area (Å²) >= 11 is 1.48. The maximum atomic E-state index is 10.7. The monoisotopic (exact) mass is 519 g/mol. The van der Waals surface area contributed by atoms with Crippen LogP contribution in [0.2, 0.25) is 0 Å². The molecular weight excluding hydrogens is 490 g/mol. The molecule has 0 aliphatic carbocycles. The van der Waals surface area contributed by atoms with Crippen molar-refractivity contribution in [3.63, 3.8) is 0 Å². The molecule has 1 aliphatic rings. The molecule has 4 heterocycles. The first kappa shape index (κ1) is 25.1. The Morgan fingerprint density at radius 1 is 1.30 bits per heavy atom. The number of rotatable bonds is 11. The lowest BCUT2D eigenvalue weighted by atomic mass is 10.2. The van der Waals surface area contributed by atoms with Gasteiger partial charge in [-0.25, -0.2) is 9.50 Å². The Kier molecular flexibility index (Phi) is 7.87. The van der Waals surface area contributed by atoms with Crippen LogP contribution in [0.3, 0.4) is 0 Å². The van der Waals surface area contributed by atoms with Crippen LogP contribution < -0.4 is 5.32 Å². The highest BCUT2D eigenvalue weighted by molar-refractivity contribution is 7.99. The Labute approximate surface area is 218 Å². The number of H-pyrrole nitrogens is 1. The van der Waals surface area contributed by atoms with E-state index in [0.29, 0.717) is 29.9 Å². The number of nitrogens with zero attached hydrogens (tertiary/aromatic N) is 7. The van der Waals surface area contributed by atoms with E-state index in [1.54, 1.807) is 11.6 Å². The highest BCUT2D eigenvalue weighted by Crippen LogP contribution is 2.29. The summed E-state index contributed by atoms with van der Waals surface area (Å²) in [6.45, 7) is 4.57. The van der Waals surface area contributed by atoms with Gasteiger partial charge >= 0.3 is 0 Å². The number of nitroso groups, excluding NO2 is 1. The third kappa shape index (κ3) is 6.21.